The van der Waals surface area contributed by atoms with E-state index in [4.69, 9.17) is 5.73 Å². The summed E-state index contributed by atoms with van der Waals surface area (Å²) in [4.78, 5) is 0. The number of nitrogens with two attached hydrogens (primary N) is 1. The number of halogens is 2. The number of rotatable bonds is 2. The van der Waals surface area contributed by atoms with E-state index in [0.717, 1.165) is 10.0 Å². The molecule has 0 fully saturated rings. The zero-order valence-electron chi connectivity index (χ0n) is 6.43. The van der Waals surface area contributed by atoms with Gasteiger partial charge in [0.2, 0.25) is 0 Å². The van der Waals surface area contributed by atoms with E-state index < -0.39 is 0 Å². The standard InChI is InChI=1S/C9H9BrFN/c10-9-6-8(11)4-3-7(9)2-1-5-12/h1-4,6H,5,12H2/b2-1+. The van der Waals surface area contributed by atoms with E-state index in [-0.39, 0.29) is 5.82 Å². The molecule has 0 aliphatic carbocycles. The summed E-state index contributed by atoms with van der Waals surface area (Å²) in [6.45, 7) is 0.490. The maximum atomic E-state index is 12.6. The highest BCUT2D eigenvalue weighted by Crippen LogP contribution is 2.18. The Morgan fingerprint density at radius 1 is 1.50 bits per heavy atom. The molecule has 12 heavy (non-hydrogen) atoms. The smallest absolute Gasteiger partial charge is 0.124 e. The van der Waals surface area contributed by atoms with Gasteiger partial charge in [0.15, 0.2) is 0 Å². The zero-order valence-corrected chi connectivity index (χ0v) is 8.01. The topological polar surface area (TPSA) is 26.0 Å². The van der Waals surface area contributed by atoms with Crippen LogP contribution in [0.5, 0.6) is 0 Å². The Bertz CT molecular complexity index is 297. The third kappa shape index (κ3) is 2.43. The highest BCUT2D eigenvalue weighted by Gasteiger charge is 1.96. The van der Waals surface area contributed by atoms with Crippen molar-refractivity contribution in [3.05, 3.63) is 40.1 Å². The Morgan fingerprint density at radius 3 is 2.83 bits per heavy atom. The van der Waals surface area contributed by atoms with Crippen LogP contribution in [0.15, 0.2) is 28.7 Å². The summed E-state index contributed by atoms with van der Waals surface area (Å²) < 4.78 is 13.3. The van der Waals surface area contributed by atoms with E-state index in [1.165, 1.54) is 12.1 Å². The Labute approximate surface area is 79.2 Å². The molecule has 0 radical (unpaired) electrons. The maximum Gasteiger partial charge on any atom is 0.124 e. The van der Waals surface area contributed by atoms with Crippen LogP contribution in [0.4, 0.5) is 4.39 Å². The minimum atomic E-state index is -0.244. The molecule has 0 spiro atoms. The molecular weight excluding hydrogens is 221 g/mol. The molecule has 1 aromatic carbocycles. The van der Waals surface area contributed by atoms with Crippen LogP contribution in [0.25, 0.3) is 6.08 Å². The van der Waals surface area contributed by atoms with E-state index in [1.807, 2.05) is 12.2 Å². The van der Waals surface area contributed by atoms with Crippen molar-refractivity contribution < 1.29 is 4.39 Å². The normalized spacial score (nSPS) is 10.9. The van der Waals surface area contributed by atoms with Gasteiger partial charge in [-0.3, -0.25) is 0 Å². The van der Waals surface area contributed by atoms with Crippen molar-refractivity contribution in [1.29, 1.82) is 0 Å². The molecule has 1 aromatic rings. The number of hydrogen-bond donors (Lipinski definition) is 1. The summed E-state index contributed by atoms with van der Waals surface area (Å²) in [5.41, 5.74) is 6.21. The summed E-state index contributed by atoms with van der Waals surface area (Å²) in [7, 11) is 0. The largest absolute Gasteiger partial charge is 0.327 e. The molecule has 64 valence electrons. The lowest BCUT2D eigenvalue weighted by Crippen LogP contribution is -1.92. The molecule has 2 N–H and O–H groups in total. The van der Waals surface area contributed by atoms with Crippen LogP contribution >= 0.6 is 15.9 Å². The molecule has 3 heteroatoms. The molecule has 1 nitrogen and oxygen atoms in total. The summed E-state index contributed by atoms with van der Waals surface area (Å²) in [5, 5.41) is 0. The van der Waals surface area contributed by atoms with Gasteiger partial charge in [0, 0.05) is 11.0 Å². The maximum absolute atomic E-state index is 12.6. The molecular formula is C9H9BrFN. The first-order valence-electron chi connectivity index (χ1n) is 3.55. The molecule has 0 aliphatic rings. The second-order valence-electron chi connectivity index (χ2n) is 2.30. The summed E-state index contributed by atoms with van der Waals surface area (Å²) >= 11 is 3.25. The summed E-state index contributed by atoms with van der Waals surface area (Å²) in [6, 6.07) is 4.54. The second-order valence-corrected chi connectivity index (χ2v) is 3.16. The Hall–Kier alpha value is -0.670. The van der Waals surface area contributed by atoms with E-state index in [1.54, 1.807) is 6.07 Å². The molecule has 0 atom stereocenters. The van der Waals surface area contributed by atoms with E-state index in [9.17, 15) is 4.39 Å². The van der Waals surface area contributed by atoms with Crippen molar-refractivity contribution in [2.24, 2.45) is 5.73 Å². The van der Waals surface area contributed by atoms with Gasteiger partial charge in [0.25, 0.3) is 0 Å². The zero-order chi connectivity index (χ0) is 8.97. The molecule has 1 rings (SSSR count). The third-order valence-corrected chi connectivity index (χ3v) is 2.08. The van der Waals surface area contributed by atoms with Crippen molar-refractivity contribution in [1.82, 2.24) is 0 Å². The second kappa shape index (κ2) is 4.38. The highest BCUT2D eigenvalue weighted by molar-refractivity contribution is 9.10. The third-order valence-electron chi connectivity index (χ3n) is 1.40. The van der Waals surface area contributed by atoms with Crippen LogP contribution in [0.2, 0.25) is 0 Å². The van der Waals surface area contributed by atoms with Gasteiger partial charge in [-0.15, -0.1) is 0 Å². The minimum absolute atomic E-state index is 0.244. The van der Waals surface area contributed by atoms with Gasteiger partial charge in [-0.2, -0.15) is 0 Å². The van der Waals surface area contributed by atoms with Crippen LogP contribution in [0.1, 0.15) is 5.56 Å². The predicted octanol–water partition coefficient (Wildman–Crippen LogP) is 2.56. The van der Waals surface area contributed by atoms with Crippen LogP contribution in [-0.2, 0) is 0 Å². The van der Waals surface area contributed by atoms with Gasteiger partial charge in [-0.05, 0) is 17.7 Å². The first-order chi connectivity index (χ1) is 5.74. The van der Waals surface area contributed by atoms with Gasteiger partial charge in [-0.1, -0.05) is 34.1 Å². The van der Waals surface area contributed by atoms with Crippen molar-refractivity contribution in [3.8, 4) is 0 Å². The Morgan fingerprint density at radius 2 is 2.25 bits per heavy atom. The lowest BCUT2D eigenvalue weighted by atomic mass is 10.2. The summed E-state index contributed by atoms with van der Waals surface area (Å²) in [5.74, 6) is -0.244. The van der Waals surface area contributed by atoms with Crippen LogP contribution in [0.3, 0.4) is 0 Å². The van der Waals surface area contributed by atoms with E-state index in [0.29, 0.717) is 6.54 Å². The van der Waals surface area contributed by atoms with Crippen molar-refractivity contribution in [2.75, 3.05) is 6.54 Å². The molecule has 0 bridgehead atoms. The van der Waals surface area contributed by atoms with E-state index >= 15 is 0 Å². The molecule has 0 heterocycles. The fourth-order valence-corrected chi connectivity index (χ4v) is 1.31. The number of hydrogen-bond acceptors (Lipinski definition) is 1. The SMILES string of the molecule is NC/C=C/c1ccc(F)cc1Br. The van der Waals surface area contributed by atoms with Gasteiger partial charge < -0.3 is 5.73 Å². The van der Waals surface area contributed by atoms with Crippen molar-refractivity contribution >= 4 is 22.0 Å². The average molecular weight is 230 g/mol. The monoisotopic (exact) mass is 229 g/mol. The lowest BCUT2D eigenvalue weighted by Gasteiger charge is -1.97. The number of benzene rings is 1. The van der Waals surface area contributed by atoms with Gasteiger partial charge in [-0.25, -0.2) is 4.39 Å². The van der Waals surface area contributed by atoms with Crippen LogP contribution < -0.4 is 5.73 Å². The molecule has 0 saturated heterocycles. The van der Waals surface area contributed by atoms with Crippen LogP contribution in [0, 0.1) is 5.82 Å². The first kappa shape index (κ1) is 9.42. The fourth-order valence-electron chi connectivity index (χ4n) is 0.832. The highest BCUT2D eigenvalue weighted by atomic mass is 79.9. The van der Waals surface area contributed by atoms with Gasteiger partial charge >= 0.3 is 0 Å². The Balaban J connectivity index is 2.94. The van der Waals surface area contributed by atoms with Gasteiger partial charge in [0.1, 0.15) is 5.82 Å². The summed E-state index contributed by atoms with van der Waals surface area (Å²) in [6.07, 6.45) is 3.67. The quantitative estimate of drug-likeness (QED) is 0.830. The van der Waals surface area contributed by atoms with Crippen molar-refractivity contribution in [3.63, 3.8) is 0 Å². The van der Waals surface area contributed by atoms with Crippen LogP contribution in [-0.4, -0.2) is 6.54 Å². The first-order valence-corrected chi connectivity index (χ1v) is 4.35. The molecule has 0 unspecified atom stereocenters. The molecule has 0 aromatic heterocycles. The lowest BCUT2D eigenvalue weighted by molar-refractivity contribution is 0.627. The van der Waals surface area contributed by atoms with E-state index in [2.05, 4.69) is 15.9 Å². The predicted molar refractivity (Wildman–Crippen MR) is 52.2 cm³/mol. The minimum Gasteiger partial charge on any atom is -0.327 e. The molecule has 0 amide bonds. The molecule has 0 aliphatic heterocycles. The average Bonchev–Trinajstić information content (AvgIpc) is 2.03. The fraction of sp³-hybridized carbons (Fsp3) is 0.111. The molecule has 0 saturated carbocycles. The van der Waals surface area contributed by atoms with Gasteiger partial charge in [0.05, 0.1) is 0 Å². The Kier molecular flexibility index (Phi) is 3.44. The van der Waals surface area contributed by atoms with Crippen molar-refractivity contribution in [2.45, 2.75) is 0 Å².